The molecule has 0 rings (SSSR count). The molecule has 0 spiro atoms. The van der Waals surface area contributed by atoms with Gasteiger partial charge in [0.1, 0.15) is 0 Å². The van der Waals surface area contributed by atoms with E-state index in [9.17, 15) is 10.2 Å². The Bertz CT molecular complexity index is 174. The minimum Gasteiger partial charge on any atom is -0.390 e. The SMILES string of the molecule is C#CC[C@@H](C)CC[C@@H](O)C(C)(C)O. The molecule has 0 aliphatic heterocycles. The van der Waals surface area contributed by atoms with Gasteiger partial charge in [0, 0.05) is 6.42 Å². The first-order valence-electron chi connectivity index (χ1n) is 4.71. The second-order valence-corrected chi connectivity index (χ2v) is 4.26. The fourth-order valence-electron chi connectivity index (χ4n) is 1.10. The number of terminal acetylenes is 1. The van der Waals surface area contributed by atoms with Gasteiger partial charge in [0.2, 0.25) is 0 Å². The molecule has 0 saturated heterocycles. The summed E-state index contributed by atoms with van der Waals surface area (Å²) >= 11 is 0. The molecule has 0 saturated carbocycles. The molecule has 13 heavy (non-hydrogen) atoms. The van der Waals surface area contributed by atoms with Gasteiger partial charge in [-0.15, -0.1) is 12.3 Å². The van der Waals surface area contributed by atoms with E-state index in [0.29, 0.717) is 12.3 Å². The van der Waals surface area contributed by atoms with Crippen molar-refractivity contribution in [1.29, 1.82) is 0 Å². The van der Waals surface area contributed by atoms with Crippen molar-refractivity contribution in [3.8, 4) is 12.3 Å². The van der Waals surface area contributed by atoms with Crippen LogP contribution in [0.3, 0.4) is 0 Å². The number of rotatable bonds is 5. The molecule has 0 fully saturated rings. The summed E-state index contributed by atoms with van der Waals surface area (Å²) in [6.07, 6.45) is 6.69. The maximum Gasteiger partial charge on any atom is 0.0849 e. The highest BCUT2D eigenvalue weighted by Gasteiger charge is 2.24. The number of aliphatic hydroxyl groups excluding tert-OH is 1. The van der Waals surface area contributed by atoms with E-state index >= 15 is 0 Å². The van der Waals surface area contributed by atoms with Gasteiger partial charge >= 0.3 is 0 Å². The van der Waals surface area contributed by atoms with Gasteiger partial charge in [-0.3, -0.25) is 0 Å². The fraction of sp³-hybridized carbons (Fsp3) is 0.818. The molecular formula is C11H20O2. The number of aliphatic hydroxyl groups is 2. The Morgan fingerprint density at radius 1 is 1.38 bits per heavy atom. The van der Waals surface area contributed by atoms with Crippen molar-refractivity contribution in [2.45, 2.75) is 51.7 Å². The quantitative estimate of drug-likeness (QED) is 0.636. The Morgan fingerprint density at radius 3 is 2.31 bits per heavy atom. The summed E-state index contributed by atoms with van der Waals surface area (Å²) in [6, 6.07) is 0. The predicted octanol–water partition coefficient (Wildman–Crippen LogP) is 1.56. The second-order valence-electron chi connectivity index (χ2n) is 4.26. The fourth-order valence-corrected chi connectivity index (χ4v) is 1.10. The maximum atomic E-state index is 9.50. The van der Waals surface area contributed by atoms with E-state index in [1.807, 2.05) is 0 Å². The average molecular weight is 184 g/mol. The van der Waals surface area contributed by atoms with Crippen LogP contribution >= 0.6 is 0 Å². The monoisotopic (exact) mass is 184 g/mol. The van der Waals surface area contributed by atoms with Crippen LogP contribution in [0.25, 0.3) is 0 Å². The van der Waals surface area contributed by atoms with E-state index in [4.69, 9.17) is 6.42 Å². The van der Waals surface area contributed by atoms with E-state index in [0.717, 1.165) is 12.8 Å². The summed E-state index contributed by atoms with van der Waals surface area (Å²) in [5, 5.41) is 18.9. The zero-order valence-electron chi connectivity index (χ0n) is 8.75. The summed E-state index contributed by atoms with van der Waals surface area (Å²) in [5.74, 6) is 3.00. The Balaban J connectivity index is 3.71. The predicted molar refractivity (Wildman–Crippen MR) is 54.2 cm³/mol. The van der Waals surface area contributed by atoms with Gasteiger partial charge in [0.25, 0.3) is 0 Å². The Kier molecular flexibility index (Phi) is 5.05. The largest absolute Gasteiger partial charge is 0.390 e. The second kappa shape index (κ2) is 5.26. The van der Waals surface area contributed by atoms with Crippen LogP contribution in [0.4, 0.5) is 0 Å². The summed E-state index contributed by atoms with van der Waals surface area (Å²) in [4.78, 5) is 0. The van der Waals surface area contributed by atoms with Crippen LogP contribution in [0, 0.1) is 18.3 Å². The van der Waals surface area contributed by atoms with Crippen LogP contribution in [0.2, 0.25) is 0 Å². The molecule has 0 aromatic rings. The van der Waals surface area contributed by atoms with Crippen molar-refractivity contribution >= 4 is 0 Å². The van der Waals surface area contributed by atoms with E-state index in [2.05, 4.69) is 12.8 Å². The van der Waals surface area contributed by atoms with Crippen molar-refractivity contribution in [3.05, 3.63) is 0 Å². The molecule has 0 amide bonds. The van der Waals surface area contributed by atoms with E-state index < -0.39 is 11.7 Å². The van der Waals surface area contributed by atoms with Crippen molar-refractivity contribution in [2.24, 2.45) is 5.92 Å². The van der Waals surface area contributed by atoms with Gasteiger partial charge in [-0.05, 0) is 32.6 Å². The van der Waals surface area contributed by atoms with Crippen LogP contribution in [0.5, 0.6) is 0 Å². The minimum absolute atomic E-state index is 0.419. The van der Waals surface area contributed by atoms with Gasteiger partial charge in [0.05, 0.1) is 11.7 Å². The molecular weight excluding hydrogens is 164 g/mol. The van der Waals surface area contributed by atoms with Gasteiger partial charge in [-0.25, -0.2) is 0 Å². The molecule has 0 radical (unpaired) electrons. The van der Waals surface area contributed by atoms with Crippen molar-refractivity contribution < 1.29 is 10.2 Å². The molecule has 0 aromatic carbocycles. The maximum absolute atomic E-state index is 9.50. The van der Waals surface area contributed by atoms with Crippen molar-refractivity contribution in [1.82, 2.24) is 0 Å². The molecule has 0 heterocycles. The summed E-state index contributed by atoms with van der Waals surface area (Å²) in [5.41, 5.74) is -1.00. The first-order chi connectivity index (χ1) is 5.88. The van der Waals surface area contributed by atoms with E-state index in [1.165, 1.54) is 0 Å². The van der Waals surface area contributed by atoms with Crippen LogP contribution in [-0.2, 0) is 0 Å². The average Bonchev–Trinajstić information content (AvgIpc) is 1.99. The van der Waals surface area contributed by atoms with Gasteiger partial charge in [-0.2, -0.15) is 0 Å². The summed E-state index contributed by atoms with van der Waals surface area (Å²) in [7, 11) is 0. The van der Waals surface area contributed by atoms with Crippen LogP contribution in [0.1, 0.15) is 40.0 Å². The smallest absolute Gasteiger partial charge is 0.0849 e. The lowest BCUT2D eigenvalue weighted by molar-refractivity contribution is -0.0533. The molecule has 0 aliphatic rings. The highest BCUT2D eigenvalue weighted by Crippen LogP contribution is 2.17. The lowest BCUT2D eigenvalue weighted by Crippen LogP contribution is -2.35. The van der Waals surface area contributed by atoms with Crippen molar-refractivity contribution in [2.75, 3.05) is 0 Å². The zero-order chi connectivity index (χ0) is 10.5. The third-order valence-electron chi connectivity index (χ3n) is 2.21. The Labute approximate surface area is 81.0 Å². The third kappa shape index (κ3) is 5.68. The lowest BCUT2D eigenvalue weighted by atomic mass is 9.93. The van der Waals surface area contributed by atoms with Crippen LogP contribution < -0.4 is 0 Å². The molecule has 0 aliphatic carbocycles. The molecule has 0 bridgehead atoms. The minimum atomic E-state index is -1.00. The molecule has 0 unspecified atom stereocenters. The number of hydrogen-bond donors (Lipinski definition) is 2. The lowest BCUT2D eigenvalue weighted by Gasteiger charge is -2.25. The molecule has 2 atom stereocenters. The highest BCUT2D eigenvalue weighted by atomic mass is 16.3. The van der Waals surface area contributed by atoms with Crippen molar-refractivity contribution in [3.63, 3.8) is 0 Å². The standard InChI is InChI=1S/C11H20O2/c1-5-6-9(2)7-8-10(12)11(3,4)13/h1,9-10,12-13H,6-8H2,2-4H3/t9-,10-/m1/s1. The molecule has 2 nitrogen and oxygen atoms in total. The molecule has 76 valence electrons. The third-order valence-corrected chi connectivity index (χ3v) is 2.21. The van der Waals surface area contributed by atoms with E-state index in [-0.39, 0.29) is 0 Å². The van der Waals surface area contributed by atoms with E-state index in [1.54, 1.807) is 13.8 Å². The molecule has 0 aromatic heterocycles. The Hall–Kier alpha value is -0.520. The van der Waals surface area contributed by atoms with Crippen LogP contribution in [-0.4, -0.2) is 21.9 Å². The van der Waals surface area contributed by atoms with Crippen LogP contribution in [0.15, 0.2) is 0 Å². The topological polar surface area (TPSA) is 40.5 Å². The summed E-state index contributed by atoms with van der Waals surface area (Å²) < 4.78 is 0. The van der Waals surface area contributed by atoms with Gasteiger partial charge < -0.3 is 10.2 Å². The molecule has 2 N–H and O–H groups in total. The highest BCUT2D eigenvalue weighted by molar-refractivity contribution is 4.86. The van der Waals surface area contributed by atoms with Gasteiger partial charge in [0.15, 0.2) is 0 Å². The number of hydrogen-bond acceptors (Lipinski definition) is 2. The first-order valence-corrected chi connectivity index (χ1v) is 4.71. The van der Waals surface area contributed by atoms with Gasteiger partial charge in [-0.1, -0.05) is 6.92 Å². The summed E-state index contributed by atoms with van der Waals surface area (Å²) in [6.45, 7) is 5.28. The Morgan fingerprint density at radius 2 is 1.92 bits per heavy atom. The molecule has 2 heteroatoms. The first kappa shape index (κ1) is 12.5. The zero-order valence-corrected chi connectivity index (χ0v) is 8.75. The normalized spacial score (nSPS) is 16.3.